The van der Waals surface area contributed by atoms with Gasteiger partial charge in [-0.15, -0.1) is 23.2 Å². The van der Waals surface area contributed by atoms with E-state index < -0.39 is 0 Å². The average Bonchev–Trinajstić information content (AvgIpc) is 2.71. The molecule has 30 heavy (non-hydrogen) atoms. The van der Waals surface area contributed by atoms with Gasteiger partial charge in [-0.05, 0) is 69.0 Å². The van der Waals surface area contributed by atoms with Gasteiger partial charge in [-0.2, -0.15) is 0 Å². The number of hydrogen-bond donors (Lipinski definition) is 3. The fourth-order valence-electron chi connectivity index (χ4n) is 1.58. The third kappa shape index (κ3) is 13.5. The van der Waals surface area contributed by atoms with Crippen LogP contribution in [0.15, 0.2) is 38.5 Å². The molecule has 0 atom stereocenters. The Morgan fingerprint density at radius 2 is 1.73 bits per heavy atom. The molecule has 0 unspecified atom stereocenters. The molecule has 0 aromatic carbocycles. The van der Waals surface area contributed by atoms with E-state index in [2.05, 4.69) is 57.5 Å². The van der Waals surface area contributed by atoms with E-state index in [0.29, 0.717) is 36.5 Å². The molecule has 2 aromatic rings. The summed E-state index contributed by atoms with van der Waals surface area (Å²) in [6, 6.07) is 3.30. The van der Waals surface area contributed by atoms with Crippen molar-refractivity contribution in [3.8, 4) is 0 Å². The van der Waals surface area contributed by atoms with Crippen LogP contribution in [0.3, 0.4) is 0 Å². The fraction of sp³-hybridized carbons (Fsp3) is 0.333. The quantitative estimate of drug-likeness (QED) is 0.264. The highest BCUT2D eigenvalue weighted by molar-refractivity contribution is 9.10. The van der Waals surface area contributed by atoms with E-state index in [0.717, 1.165) is 20.1 Å². The van der Waals surface area contributed by atoms with Gasteiger partial charge in [0.1, 0.15) is 11.6 Å². The van der Waals surface area contributed by atoms with Crippen LogP contribution >= 0.6 is 55.1 Å². The van der Waals surface area contributed by atoms with Crippen molar-refractivity contribution in [2.24, 2.45) is 4.99 Å². The minimum atomic E-state index is -0.301. The molecule has 12 heteroatoms. The van der Waals surface area contributed by atoms with Gasteiger partial charge >= 0.3 is 6.03 Å². The van der Waals surface area contributed by atoms with Crippen LogP contribution < -0.4 is 16.4 Å². The van der Waals surface area contributed by atoms with Crippen molar-refractivity contribution < 1.29 is 9.59 Å². The Morgan fingerprint density at radius 1 is 1.13 bits per heavy atom. The lowest BCUT2D eigenvalue weighted by Gasteiger charge is -2.06. The summed E-state index contributed by atoms with van der Waals surface area (Å²) in [7, 11) is 0. The second-order valence-corrected chi connectivity index (χ2v) is 7.87. The molecule has 0 bridgehead atoms. The molecule has 0 spiro atoms. The molecule has 0 fully saturated rings. The second-order valence-electron chi connectivity index (χ2n) is 5.41. The number of amides is 2. The third-order valence-corrected chi connectivity index (χ3v) is 5.02. The summed E-state index contributed by atoms with van der Waals surface area (Å²) in [6.45, 7) is 4.71. The maximum atomic E-state index is 11.2. The van der Waals surface area contributed by atoms with Gasteiger partial charge in [0.15, 0.2) is 0 Å². The number of aryl methyl sites for hydroxylation is 2. The van der Waals surface area contributed by atoms with E-state index in [-0.39, 0.29) is 6.03 Å². The van der Waals surface area contributed by atoms with Crippen molar-refractivity contribution in [1.82, 2.24) is 15.3 Å². The number of rotatable bonds is 5. The van der Waals surface area contributed by atoms with E-state index >= 15 is 0 Å². The van der Waals surface area contributed by atoms with Crippen LogP contribution in [0.5, 0.6) is 0 Å². The Bertz CT molecular complexity index is 851. The van der Waals surface area contributed by atoms with Crippen molar-refractivity contribution in [3.63, 3.8) is 0 Å². The number of urea groups is 1. The van der Waals surface area contributed by atoms with Crippen LogP contribution in [0.4, 0.5) is 16.4 Å². The molecule has 2 heterocycles. The summed E-state index contributed by atoms with van der Waals surface area (Å²) in [5, 5.41) is 5.19. The summed E-state index contributed by atoms with van der Waals surface area (Å²) in [6.07, 6.45) is 4.70. The molecular formula is C18H22Br2Cl2N6O2. The maximum Gasteiger partial charge on any atom is 0.320 e. The number of aliphatic imine (C=N–C) groups is 1. The largest absolute Gasteiger partial charge is 0.384 e. The van der Waals surface area contributed by atoms with Gasteiger partial charge in [0, 0.05) is 39.6 Å². The summed E-state index contributed by atoms with van der Waals surface area (Å²) in [5.41, 5.74) is 7.52. The van der Waals surface area contributed by atoms with E-state index in [1.165, 1.54) is 6.08 Å². The van der Waals surface area contributed by atoms with Gasteiger partial charge in [0.05, 0.1) is 6.54 Å². The molecule has 0 aliphatic carbocycles. The lowest BCUT2D eigenvalue weighted by molar-refractivity contribution is 0.252. The van der Waals surface area contributed by atoms with Crippen LogP contribution in [0.1, 0.15) is 11.1 Å². The van der Waals surface area contributed by atoms with Crippen molar-refractivity contribution >= 4 is 78.8 Å². The van der Waals surface area contributed by atoms with Crippen LogP contribution in [0, 0.1) is 13.8 Å². The standard InChI is InChI=1S/C9H11BrClN3O.C6H7BrN2.C3H4ClNO/c1-6-4-8(13-5-7(6)10)14-9(15)12-3-2-11;1-4-2-6(8)9-3-5(4)7;4-1-2-5-3-6/h4-5H,2-3H2,1H3,(H2,12,13,14,15);2-3H,1H3,(H2,8,9);1-2H2. The average molecular weight is 585 g/mol. The summed E-state index contributed by atoms with van der Waals surface area (Å²) in [4.78, 5) is 31.5. The SMILES string of the molecule is Cc1cc(N)ncc1Br.Cc1cc(NC(=O)NCCCl)ncc1Br.O=C=NCCCl. The lowest BCUT2D eigenvalue weighted by Crippen LogP contribution is -2.30. The number of alkyl halides is 2. The Kier molecular flexibility index (Phi) is 16.0. The molecule has 0 saturated heterocycles. The number of hydrogen-bond acceptors (Lipinski definition) is 6. The zero-order valence-corrected chi connectivity index (χ0v) is 21.1. The predicted molar refractivity (Wildman–Crippen MR) is 129 cm³/mol. The molecule has 4 N–H and O–H groups in total. The summed E-state index contributed by atoms with van der Waals surface area (Å²) < 4.78 is 1.91. The van der Waals surface area contributed by atoms with Gasteiger partial charge in [0.2, 0.25) is 6.08 Å². The van der Waals surface area contributed by atoms with Gasteiger partial charge in [-0.1, -0.05) is 0 Å². The summed E-state index contributed by atoms with van der Waals surface area (Å²) in [5.74, 6) is 1.87. The summed E-state index contributed by atoms with van der Waals surface area (Å²) >= 11 is 17.2. The van der Waals surface area contributed by atoms with Gasteiger partial charge < -0.3 is 11.1 Å². The second kappa shape index (κ2) is 17.0. The topological polar surface area (TPSA) is 122 Å². The molecule has 2 rings (SSSR count). The Morgan fingerprint density at radius 3 is 2.17 bits per heavy atom. The van der Waals surface area contributed by atoms with Crippen molar-refractivity contribution in [2.45, 2.75) is 13.8 Å². The Labute approximate surface area is 202 Å². The Hall–Kier alpha value is -1.71. The van der Waals surface area contributed by atoms with Crippen LogP contribution in [0.2, 0.25) is 0 Å². The normalized spacial score (nSPS) is 9.13. The number of carbonyl (C=O) groups is 1. The predicted octanol–water partition coefficient (Wildman–Crippen LogP) is 4.81. The highest BCUT2D eigenvalue weighted by Gasteiger charge is 2.03. The van der Waals surface area contributed by atoms with Crippen LogP contribution in [-0.2, 0) is 4.79 Å². The first-order chi connectivity index (χ1) is 14.2. The zero-order chi connectivity index (χ0) is 22.9. The minimum absolute atomic E-state index is 0.301. The number of nitrogens with one attached hydrogen (secondary N) is 2. The molecule has 2 amide bonds. The molecule has 0 radical (unpaired) electrons. The number of nitrogen functional groups attached to an aromatic ring is 1. The third-order valence-electron chi connectivity index (χ3n) is 3.00. The molecular weight excluding hydrogens is 563 g/mol. The number of nitrogens with two attached hydrogens (primary N) is 1. The first-order valence-corrected chi connectivity index (χ1v) is 11.1. The highest BCUT2D eigenvalue weighted by Crippen LogP contribution is 2.17. The van der Waals surface area contributed by atoms with Crippen molar-refractivity contribution in [2.75, 3.05) is 35.9 Å². The Balaban J connectivity index is 0.000000475. The molecule has 8 nitrogen and oxygen atoms in total. The van der Waals surface area contributed by atoms with E-state index in [4.69, 9.17) is 28.9 Å². The molecule has 2 aromatic heterocycles. The number of carbonyl (C=O) groups excluding carboxylic acids is 2. The van der Waals surface area contributed by atoms with Gasteiger partial charge in [-0.3, -0.25) is 5.32 Å². The number of aromatic nitrogens is 2. The fourth-order valence-corrected chi connectivity index (χ4v) is 2.19. The first-order valence-electron chi connectivity index (χ1n) is 8.45. The number of halogens is 4. The first kappa shape index (κ1) is 28.3. The van der Waals surface area contributed by atoms with Crippen molar-refractivity contribution in [3.05, 3.63) is 44.6 Å². The highest BCUT2D eigenvalue weighted by atomic mass is 79.9. The molecule has 0 aliphatic heterocycles. The van der Waals surface area contributed by atoms with Crippen LogP contribution in [0.25, 0.3) is 0 Å². The number of pyridine rings is 2. The monoisotopic (exact) mass is 582 g/mol. The maximum absolute atomic E-state index is 11.2. The number of isocyanates is 1. The number of anilines is 2. The minimum Gasteiger partial charge on any atom is -0.384 e. The molecule has 164 valence electrons. The number of nitrogens with zero attached hydrogens (tertiary/aromatic N) is 3. The smallest absolute Gasteiger partial charge is 0.320 e. The van der Waals surface area contributed by atoms with Crippen LogP contribution in [-0.4, -0.2) is 46.9 Å². The van der Waals surface area contributed by atoms with Gasteiger partial charge in [0.25, 0.3) is 0 Å². The molecule has 0 aliphatic rings. The van der Waals surface area contributed by atoms with E-state index in [1.54, 1.807) is 18.5 Å². The van der Waals surface area contributed by atoms with Crippen molar-refractivity contribution in [1.29, 1.82) is 0 Å². The molecule has 0 saturated carbocycles. The lowest BCUT2D eigenvalue weighted by atomic mass is 10.3. The van der Waals surface area contributed by atoms with E-state index in [1.807, 2.05) is 19.9 Å². The van der Waals surface area contributed by atoms with Gasteiger partial charge in [-0.25, -0.2) is 24.5 Å². The van der Waals surface area contributed by atoms with E-state index in [9.17, 15) is 9.59 Å². The zero-order valence-electron chi connectivity index (χ0n) is 16.4.